The van der Waals surface area contributed by atoms with Gasteiger partial charge in [-0.15, -0.1) is 0 Å². The molecule has 1 saturated heterocycles. The Morgan fingerprint density at radius 1 is 1.35 bits per heavy atom. The number of nitrogens with zero attached hydrogens (tertiary/aromatic N) is 1. The molecule has 0 aromatic heterocycles. The lowest BCUT2D eigenvalue weighted by molar-refractivity contribution is -0.135. The van der Waals surface area contributed by atoms with Gasteiger partial charge in [-0.05, 0) is 38.5 Å². The second-order valence-corrected chi connectivity index (χ2v) is 6.92. The number of methoxy groups -OCH3 is 1. The number of hydrogen-bond acceptors (Lipinski definition) is 3. The predicted octanol–water partition coefficient (Wildman–Crippen LogP) is 2.53. The molecule has 1 aliphatic carbocycles. The van der Waals surface area contributed by atoms with Crippen molar-refractivity contribution in [1.29, 1.82) is 0 Å². The van der Waals surface area contributed by atoms with Gasteiger partial charge in [0.15, 0.2) is 0 Å². The van der Waals surface area contributed by atoms with E-state index in [1.165, 1.54) is 12.8 Å². The van der Waals surface area contributed by atoms with Crippen molar-refractivity contribution in [3.63, 3.8) is 0 Å². The van der Waals surface area contributed by atoms with E-state index in [1.54, 1.807) is 7.11 Å². The summed E-state index contributed by atoms with van der Waals surface area (Å²) in [6, 6.07) is 0.249. The fraction of sp³-hybridized carbons (Fsp3) is 0.938. The van der Waals surface area contributed by atoms with Crippen molar-refractivity contribution in [2.24, 2.45) is 5.92 Å². The van der Waals surface area contributed by atoms with Gasteiger partial charge in [0.1, 0.15) is 0 Å². The number of rotatable bonds is 6. The summed E-state index contributed by atoms with van der Waals surface area (Å²) in [6.07, 6.45) is 6.51. The van der Waals surface area contributed by atoms with Gasteiger partial charge in [0.2, 0.25) is 5.91 Å². The lowest BCUT2D eigenvalue weighted by atomic mass is 9.97. The van der Waals surface area contributed by atoms with Crippen molar-refractivity contribution in [2.45, 2.75) is 77.0 Å². The van der Waals surface area contributed by atoms with Crippen molar-refractivity contribution in [3.05, 3.63) is 0 Å². The Balaban J connectivity index is 2.13. The minimum atomic E-state index is -0.249. The van der Waals surface area contributed by atoms with Crippen LogP contribution in [0.5, 0.6) is 0 Å². The molecule has 1 saturated carbocycles. The van der Waals surface area contributed by atoms with Crippen LogP contribution in [-0.2, 0) is 9.53 Å². The summed E-state index contributed by atoms with van der Waals surface area (Å²) >= 11 is 0. The molecule has 1 spiro atoms. The molecule has 1 aliphatic heterocycles. The van der Waals surface area contributed by atoms with Crippen LogP contribution in [0.1, 0.15) is 59.3 Å². The smallest absolute Gasteiger partial charge is 0.244 e. The van der Waals surface area contributed by atoms with Crippen LogP contribution >= 0.6 is 0 Å². The maximum absolute atomic E-state index is 12.9. The van der Waals surface area contributed by atoms with Crippen LogP contribution in [0.4, 0.5) is 0 Å². The average Bonchev–Trinajstić information content (AvgIpc) is 2.94. The normalized spacial score (nSPS) is 26.9. The van der Waals surface area contributed by atoms with Gasteiger partial charge in [-0.3, -0.25) is 10.1 Å². The molecule has 0 aromatic carbocycles. The maximum Gasteiger partial charge on any atom is 0.244 e. The van der Waals surface area contributed by atoms with Crippen molar-refractivity contribution in [2.75, 3.05) is 13.7 Å². The quantitative estimate of drug-likeness (QED) is 0.814. The van der Waals surface area contributed by atoms with Crippen LogP contribution in [0.2, 0.25) is 0 Å². The number of ether oxygens (including phenoxy) is 1. The van der Waals surface area contributed by atoms with E-state index in [9.17, 15) is 4.79 Å². The molecule has 2 atom stereocenters. The lowest BCUT2D eigenvalue weighted by Gasteiger charge is -2.31. The van der Waals surface area contributed by atoms with Crippen LogP contribution in [0, 0.1) is 5.92 Å². The Kier molecular flexibility index (Phi) is 5.08. The highest BCUT2D eigenvalue weighted by Gasteiger charge is 2.53. The largest absolute Gasteiger partial charge is 0.385 e. The average molecular weight is 282 g/mol. The van der Waals surface area contributed by atoms with Gasteiger partial charge in [0.25, 0.3) is 0 Å². The van der Waals surface area contributed by atoms with Crippen LogP contribution in [0.25, 0.3) is 0 Å². The Morgan fingerprint density at radius 3 is 2.55 bits per heavy atom. The van der Waals surface area contributed by atoms with Crippen LogP contribution in [-0.4, -0.2) is 42.3 Å². The van der Waals surface area contributed by atoms with Crippen LogP contribution < -0.4 is 5.32 Å². The number of carbonyl (C=O) groups is 1. The van der Waals surface area contributed by atoms with E-state index in [0.29, 0.717) is 18.4 Å². The molecule has 4 nitrogen and oxygen atoms in total. The maximum atomic E-state index is 12.9. The molecule has 2 aliphatic rings. The molecule has 2 fully saturated rings. The number of amides is 1. The van der Waals surface area contributed by atoms with Crippen molar-refractivity contribution in [1.82, 2.24) is 10.2 Å². The predicted molar refractivity (Wildman–Crippen MR) is 80.4 cm³/mol. The van der Waals surface area contributed by atoms with Crippen LogP contribution in [0.15, 0.2) is 0 Å². The zero-order valence-corrected chi connectivity index (χ0v) is 13.4. The standard InChI is InChI=1S/C16H30N2O2/c1-12(2)11-14-17-16(8-5-6-9-16)15(19)18(14)13(3)7-10-20-4/h12-14,17H,5-11H2,1-4H3. The summed E-state index contributed by atoms with van der Waals surface area (Å²) in [5.41, 5.74) is -0.249. The molecule has 20 heavy (non-hydrogen) atoms. The summed E-state index contributed by atoms with van der Waals surface area (Å²) in [4.78, 5) is 15.1. The van der Waals surface area contributed by atoms with Crippen molar-refractivity contribution >= 4 is 5.91 Å². The van der Waals surface area contributed by atoms with E-state index in [4.69, 9.17) is 4.74 Å². The zero-order valence-electron chi connectivity index (χ0n) is 13.4. The molecule has 0 radical (unpaired) electrons. The first-order valence-electron chi connectivity index (χ1n) is 8.09. The first kappa shape index (κ1) is 15.8. The molecular weight excluding hydrogens is 252 g/mol. The van der Waals surface area contributed by atoms with E-state index in [-0.39, 0.29) is 17.7 Å². The van der Waals surface area contributed by atoms with Gasteiger partial charge in [-0.2, -0.15) is 0 Å². The monoisotopic (exact) mass is 282 g/mol. The highest BCUT2D eigenvalue weighted by atomic mass is 16.5. The second kappa shape index (κ2) is 6.44. The SMILES string of the molecule is COCCC(C)N1C(=O)C2(CCCC2)NC1CC(C)C. The molecule has 116 valence electrons. The van der Waals surface area contributed by atoms with Gasteiger partial charge in [-0.1, -0.05) is 26.7 Å². The number of nitrogens with one attached hydrogen (secondary N) is 1. The molecule has 1 N–H and O–H groups in total. The van der Waals surface area contributed by atoms with Crippen LogP contribution in [0.3, 0.4) is 0 Å². The highest BCUT2D eigenvalue weighted by molar-refractivity contribution is 5.89. The highest BCUT2D eigenvalue weighted by Crippen LogP contribution is 2.38. The summed E-state index contributed by atoms with van der Waals surface area (Å²) in [6.45, 7) is 7.32. The number of carbonyl (C=O) groups excluding carboxylic acids is 1. The fourth-order valence-corrected chi connectivity index (χ4v) is 3.73. The first-order valence-corrected chi connectivity index (χ1v) is 8.09. The van der Waals surface area contributed by atoms with E-state index in [1.807, 2.05) is 0 Å². The van der Waals surface area contributed by atoms with Gasteiger partial charge < -0.3 is 9.64 Å². The zero-order chi connectivity index (χ0) is 14.8. The summed E-state index contributed by atoms with van der Waals surface area (Å²) in [5.74, 6) is 0.929. The lowest BCUT2D eigenvalue weighted by Crippen LogP contribution is -2.45. The van der Waals surface area contributed by atoms with E-state index >= 15 is 0 Å². The summed E-state index contributed by atoms with van der Waals surface area (Å²) < 4.78 is 5.18. The molecule has 0 bridgehead atoms. The van der Waals surface area contributed by atoms with Crippen molar-refractivity contribution < 1.29 is 9.53 Å². The third kappa shape index (κ3) is 3.01. The fourth-order valence-electron chi connectivity index (χ4n) is 3.73. The molecule has 0 aromatic rings. The molecular formula is C16H30N2O2. The number of hydrogen-bond donors (Lipinski definition) is 1. The van der Waals surface area contributed by atoms with E-state index in [0.717, 1.165) is 25.7 Å². The minimum absolute atomic E-state index is 0.201. The molecule has 4 heteroatoms. The minimum Gasteiger partial charge on any atom is -0.385 e. The second-order valence-electron chi connectivity index (χ2n) is 6.92. The molecule has 1 heterocycles. The van der Waals surface area contributed by atoms with Gasteiger partial charge in [0.05, 0.1) is 11.7 Å². The summed E-state index contributed by atoms with van der Waals surface area (Å²) in [5, 5.41) is 3.69. The summed E-state index contributed by atoms with van der Waals surface area (Å²) in [7, 11) is 1.72. The Hall–Kier alpha value is -0.610. The third-order valence-electron chi connectivity index (χ3n) is 4.79. The van der Waals surface area contributed by atoms with Crippen molar-refractivity contribution in [3.8, 4) is 0 Å². The first-order chi connectivity index (χ1) is 9.50. The molecule has 2 unspecified atom stereocenters. The van der Waals surface area contributed by atoms with E-state index < -0.39 is 0 Å². The topological polar surface area (TPSA) is 41.6 Å². The molecule has 2 rings (SSSR count). The Morgan fingerprint density at radius 2 is 2.00 bits per heavy atom. The Bertz CT molecular complexity index is 337. The van der Waals surface area contributed by atoms with Gasteiger partial charge in [0, 0.05) is 19.8 Å². The van der Waals surface area contributed by atoms with Gasteiger partial charge >= 0.3 is 0 Å². The van der Waals surface area contributed by atoms with Gasteiger partial charge in [-0.25, -0.2) is 0 Å². The third-order valence-corrected chi connectivity index (χ3v) is 4.79. The van der Waals surface area contributed by atoms with E-state index in [2.05, 4.69) is 31.0 Å². The molecule has 1 amide bonds. The Labute approximate surface area is 123 Å².